The molecule has 4 heteroatoms. The molecule has 0 radical (unpaired) electrons. The SMILES string of the molecule is Cc1cc(C)c(CC(=O)NC2(C#N)CCSC2)c(C)c1. The van der Waals surface area contributed by atoms with E-state index in [9.17, 15) is 10.1 Å². The summed E-state index contributed by atoms with van der Waals surface area (Å²) < 4.78 is 0. The van der Waals surface area contributed by atoms with E-state index in [-0.39, 0.29) is 5.91 Å². The third kappa shape index (κ3) is 3.16. The van der Waals surface area contributed by atoms with Gasteiger partial charge in [-0.2, -0.15) is 17.0 Å². The average molecular weight is 288 g/mol. The Hall–Kier alpha value is -1.47. The maximum Gasteiger partial charge on any atom is 0.225 e. The van der Waals surface area contributed by atoms with Crippen LogP contribution in [0.1, 0.15) is 28.7 Å². The van der Waals surface area contributed by atoms with Gasteiger partial charge in [-0.1, -0.05) is 17.7 Å². The molecule has 1 aromatic carbocycles. The highest BCUT2D eigenvalue weighted by Crippen LogP contribution is 2.27. The molecule has 1 heterocycles. The van der Waals surface area contributed by atoms with Gasteiger partial charge in [0.25, 0.3) is 0 Å². The normalized spacial score (nSPS) is 21.5. The van der Waals surface area contributed by atoms with Gasteiger partial charge in [-0.25, -0.2) is 0 Å². The summed E-state index contributed by atoms with van der Waals surface area (Å²) in [6, 6.07) is 6.48. The summed E-state index contributed by atoms with van der Waals surface area (Å²) in [4.78, 5) is 12.3. The number of benzene rings is 1. The van der Waals surface area contributed by atoms with Crippen LogP contribution in [0, 0.1) is 32.1 Å². The van der Waals surface area contributed by atoms with E-state index >= 15 is 0 Å². The topological polar surface area (TPSA) is 52.9 Å². The largest absolute Gasteiger partial charge is 0.337 e. The molecule has 2 rings (SSSR count). The third-order valence-electron chi connectivity index (χ3n) is 3.79. The van der Waals surface area contributed by atoms with E-state index < -0.39 is 5.54 Å². The molecule has 20 heavy (non-hydrogen) atoms. The second-order valence-corrected chi connectivity index (χ2v) is 6.70. The number of aryl methyl sites for hydroxylation is 3. The summed E-state index contributed by atoms with van der Waals surface area (Å²) in [5, 5.41) is 12.2. The maximum absolute atomic E-state index is 12.3. The molecule has 1 fully saturated rings. The summed E-state index contributed by atoms with van der Waals surface area (Å²) in [6.07, 6.45) is 1.10. The number of amides is 1. The van der Waals surface area contributed by atoms with Gasteiger partial charge in [0.1, 0.15) is 5.54 Å². The molecule has 1 unspecified atom stereocenters. The first-order valence-electron chi connectivity index (χ1n) is 6.82. The summed E-state index contributed by atoms with van der Waals surface area (Å²) in [5.74, 6) is 1.58. The van der Waals surface area contributed by atoms with Gasteiger partial charge in [0.05, 0.1) is 12.5 Å². The van der Waals surface area contributed by atoms with Crippen LogP contribution in [0.25, 0.3) is 0 Å². The Morgan fingerprint density at radius 1 is 1.40 bits per heavy atom. The number of carbonyl (C=O) groups excluding carboxylic acids is 1. The highest BCUT2D eigenvalue weighted by molar-refractivity contribution is 7.99. The first-order chi connectivity index (χ1) is 9.46. The van der Waals surface area contributed by atoms with Gasteiger partial charge in [0.2, 0.25) is 5.91 Å². The van der Waals surface area contributed by atoms with Crippen LogP contribution in [0.2, 0.25) is 0 Å². The van der Waals surface area contributed by atoms with Crippen molar-refractivity contribution in [2.75, 3.05) is 11.5 Å². The Bertz CT molecular complexity index is 545. The van der Waals surface area contributed by atoms with Gasteiger partial charge in [0.15, 0.2) is 0 Å². The molecule has 3 nitrogen and oxygen atoms in total. The summed E-state index contributed by atoms with van der Waals surface area (Å²) in [5.41, 5.74) is 3.92. The van der Waals surface area contributed by atoms with Gasteiger partial charge < -0.3 is 5.32 Å². The number of nitrogens with zero attached hydrogens (tertiary/aromatic N) is 1. The lowest BCUT2D eigenvalue weighted by molar-refractivity contribution is -0.121. The molecule has 0 bridgehead atoms. The highest BCUT2D eigenvalue weighted by Gasteiger charge is 2.36. The van der Waals surface area contributed by atoms with E-state index in [0.29, 0.717) is 12.2 Å². The van der Waals surface area contributed by atoms with Gasteiger partial charge in [-0.3, -0.25) is 4.79 Å². The van der Waals surface area contributed by atoms with Crippen LogP contribution in [0.5, 0.6) is 0 Å². The molecule has 1 aliphatic heterocycles. The van der Waals surface area contributed by atoms with Crippen molar-refractivity contribution in [3.8, 4) is 6.07 Å². The Labute approximate surface area is 124 Å². The Morgan fingerprint density at radius 3 is 2.55 bits per heavy atom. The van der Waals surface area contributed by atoms with E-state index in [2.05, 4.69) is 30.4 Å². The average Bonchev–Trinajstić information content (AvgIpc) is 2.83. The standard InChI is InChI=1S/C16H20N2OS/c1-11-6-12(2)14(13(3)7-11)8-15(19)18-16(9-17)4-5-20-10-16/h6-7H,4-5,8,10H2,1-3H3,(H,18,19). The number of nitrogens with one attached hydrogen (secondary N) is 1. The van der Waals surface area contributed by atoms with Gasteiger partial charge in [-0.15, -0.1) is 0 Å². The van der Waals surface area contributed by atoms with Crippen molar-refractivity contribution in [3.05, 3.63) is 34.4 Å². The number of hydrogen-bond donors (Lipinski definition) is 1. The molecule has 0 spiro atoms. The fourth-order valence-corrected chi connectivity index (χ4v) is 4.01. The van der Waals surface area contributed by atoms with Gasteiger partial charge in [0, 0.05) is 5.75 Å². The van der Waals surface area contributed by atoms with E-state index in [1.165, 1.54) is 5.56 Å². The first-order valence-corrected chi connectivity index (χ1v) is 7.98. The Balaban J connectivity index is 2.11. The van der Waals surface area contributed by atoms with E-state index in [0.717, 1.165) is 28.9 Å². The predicted molar refractivity (Wildman–Crippen MR) is 82.8 cm³/mol. The lowest BCUT2D eigenvalue weighted by Gasteiger charge is -2.22. The molecule has 106 valence electrons. The van der Waals surface area contributed by atoms with Crippen LogP contribution in [-0.2, 0) is 11.2 Å². The van der Waals surface area contributed by atoms with Crippen LogP contribution >= 0.6 is 11.8 Å². The molecule has 1 aliphatic rings. The fourth-order valence-electron chi connectivity index (χ4n) is 2.74. The number of thioether (sulfide) groups is 1. The Morgan fingerprint density at radius 2 is 2.05 bits per heavy atom. The molecule has 1 aromatic rings. The zero-order chi connectivity index (χ0) is 14.8. The zero-order valence-electron chi connectivity index (χ0n) is 12.2. The minimum atomic E-state index is -0.658. The molecule has 0 saturated carbocycles. The quantitative estimate of drug-likeness (QED) is 0.930. The lowest BCUT2D eigenvalue weighted by atomic mass is 9.96. The van der Waals surface area contributed by atoms with Crippen molar-refractivity contribution in [3.63, 3.8) is 0 Å². The fraction of sp³-hybridized carbons (Fsp3) is 0.500. The van der Waals surface area contributed by atoms with Gasteiger partial charge >= 0.3 is 0 Å². The van der Waals surface area contributed by atoms with E-state index in [1.54, 1.807) is 11.8 Å². The minimum absolute atomic E-state index is 0.0518. The van der Waals surface area contributed by atoms with Crippen molar-refractivity contribution in [2.45, 2.75) is 39.2 Å². The van der Waals surface area contributed by atoms with Crippen LogP contribution in [-0.4, -0.2) is 23.0 Å². The monoisotopic (exact) mass is 288 g/mol. The van der Waals surface area contributed by atoms with E-state index in [1.807, 2.05) is 13.8 Å². The van der Waals surface area contributed by atoms with Crippen LogP contribution in [0.4, 0.5) is 0 Å². The van der Waals surface area contributed by atoms with Crippen LogP contribution in [0.15, 0.2) is 12.1 Å². The van der Waals surface area contributed by atoms with Crippen molar-refractivity contribution in [1.29, 1.82) is 5.26 Å². The molecule has 1 amide bonds. The number of rotatable bonds is 3. The number of hydrogen-bond acceptors (Lipinski definition) is 3. The van der Waals surface area contributed by atoms with E-state index in [4.69, 9.17) is 0 Å². The second-order valence-electron chi connectivity index (χ2n) is 5.60. The molecular formula is C16H20N2OS. The van der Waals surface area contributed by atoms with Crippen LogP contribution < -0.4 is 5.32 Å². The molecule has 0 aromatic heterocycles. The third-order valence-corrected chi connectivity index (χ3v) is 4.98. The van der Waals surface area contributed by atoms with Crippen molar-refractivity contribution < 1.29 is 4.79 Å². The Kier molecular flexibility index (Phi) is 4.39. The highest BCUT2D eigenvalue weighted by atomic mass is 32.2. The first kappa shape index (κ1) is 14.9. The summed E-state index contributed by atoms with van der Waals surface area (Å²) in [6.45, 7) is 6.13. The van der Waals surface area contributed by atoms with Crippen molar-refractivity contribution in [1.82, 2.24) is 5.32 Å². The molecule has 0 aliphatic carbocycles. The molecule has 1 N–H and O–H groups in total. The molecule has 1 atom stereocenters. The smallest absolute Gasteiger partial charge is 0.225 e. The minimum Gasteiger partial charge on any atom is -0.337 e. The van der Waals surface area contributed by atoms with Crippen molar-refractivity contribution >= 4 is 17.7 Å². The molecule has 1 saturated heterocycles. The van der Waals surface area contributed by atoms with Gasteiger partial charge in [-0.05, 0) is 49.6 Å². The van der Waals surface area contributed by atoms with Crippen LogP contribution in [0.3, 0.4) is 0 Å². The summed E-state index contributed by atoms with van der Waals surface area (Å²) in [7, 11) is 0. The summed E-state index contributed by atoms with van der Waals surface area (Å²) >= 11 is 1.72. The molecular weight excluding hydrogens is 268 g/mol. The number of carbonyl (C=O) groups is 1. The number of nitriles is 1. The van der Waals surface area contributed by atoms with Crippen molar-refractivity contribution in [2.24, 2.45) is 0 Å². The lowest BCUT2D eigenvalue weighted by Crippen LogP contribution is -2.48. The maximum atomic E-state index is 12.3. The second kappa shape index (κ2) is 5.88. The predicted octanol–water partition coefficient (Wildman–Crippen LogP) is 2.67. The zero-order valence-corrected chi connectivity index (χ0v) is 13.1.